The molecule has 0 amide bonds. The van der Waals surface area contributed by atoms with Crippen molar-refractivity contribution in [1.29, 1.82) is 5.26 Å². The fourth-order valence-electron chi connectivity index (χ4n) is 1.17. The van der Waals surface area contributed by atoms with Crippen LogP contribution in [0.3, 0.4) is 0 Å². The molecule has 0 aliphatic carbocycles. The molecular formula is C10H12N4O2. The third kappa shape index (κ3) is 2.92. The highest BCUT2D eigenvalue weighted by Crippen LogP contribution is 2.17. The monoisotopic (exact) mass is 220 g/mol. The summed E-state index contributed by atoms with van der Waals surface area (Å²) in [5.41, 5.74) is -0.421. The van der Waals surface area contributed by atoms with Crippen molar-refractivity contribution in [3.63, 3.8) is 0 Å². The number of aromatic nitrogens is 1. The standard InChI is InChI=1S/C10H12N4O2/c1-2-3-6-12-10-5-4-9(14(15)16)8(7-11)13-10/h4-5H,2-3,6H2,1H3,(H,12,13). The number of rotatable bonds is 5. The molecule has 0 spiro atoms. The summed E-state index contributed by atoms with van der Waals surface area (Å²) in [6, 6.07) is 4.52. The molecule has 0 saturated carbocycles. The number of hydrogen-bond acceptors (Lipinski definition) is 5. The lowest BCUT2D eigenvalue weighted by Crippen LogP contribution is -2.04. The SMILES string of the molecule is CCCCNc1ccc([N+](=O)[O-])c(C#N)n1. The minimum Gasteiger partial charge on any atom is -0.370 e. The van der Waals surface area contributed by atoms with Crippen LogP contribution in [-0.2, 0) is 0 Å². The molecule has 1 N–H and O–H groups in total. The first kappa shape index (κ1) is 11.9. The number of hydrogen-bond donors (Lipinski definition) is 1. The van der Waals surface area contributed by atoms with E-state index in [0.29, 0.717) is 5.82 Å². The lowest BCUT2D eigenvalue weighted by molar-refractivity contribution is -0.385. The molecule has 0 bridgehead atoms. The molecule has 6 nitrogen and oxygen atoms in total. The van der Waals surface area contributed by atoms with Gasteiger partial charge in [-0.25, -0.2) is 4.98 Å². The van der Waals surface area contributed by atoms with Crippen LogP contribution >= 0.6 is 0 Å². The summed E-state index contributed by atoms with van der Waals surface area (Å²) in [6.45, 7) is 2.80. The lowest BCUT2D eigenvalue weighted by atomic mass is 10.3. The highest BCUT2D eigenvalue weighted by atomic mass is 16.6. The number of unbranched alkanes of at least 4 members (excludes halogenated alkanes) is 1. The largest absolute Gasteiger partial charge is 0.370 e. The molecule has 1 aromatic heterocycles. The van der Waals surface area contributed by atoms with E-state index in [1.807, 2.05) is 0 Å². The molecule has 16 heavy (non-hydrogen) atoms. The number of anilines is 1. The number of nitrogens with zero attached hydrogens (tertiary/aromatic N) is 3. The van der Waals surface area contributed by atoms with Crippen molar-refractivity contribution in [2.75, 3.05) is 11.9 Å². The quantitative estimate of drug-likeness (QED) is 0.466. The van der Waals surface area contributed by atoms with Crippen LogP contribution in [0.15, 0.2) is 12.1 Å². The zero-order valence-electron chi connectivity index (χ0n) is 8.93. The predicted molar refractivity (Wildman–Crippen MR) is 59.0 cm³/mol. The van der Waals surface area contributed by atoms with Crippen molar-refractivity contribution in [1.82, 2.24) is 4.98 Å². The van der Waals surface area contributed by atoms with Crippen LogP contribution in [-0.4, -0.2) is 16.5 Å². The van der Waals surface area contributed by atoms with Gasteiger partial charge >= 0.3 is 5.69 Å². The Labute approximate surface area is 93.1 Å². The Hall–Kier alpha value is -2.16. The summed E-state index contributed by atoms with van der Waals surface area (Å²) in [5, 5.41) is 22.3. The maximum Gasteiger partial charge on any atom is 0.305 e. The average molecular weight is 220 g/mol. The predicted octanol–water partition coefficient (Wildman–Crippen LogP) is 2.07. The van der Waals surface area contributed by atoms with E-state index in [9.17, 15) is 10.1 Å². The molecule has 0 saturated heterocycles. The molecule has 0 aliphatic rings. The van der Waals surface area contributed by atoms with E-state index in [2.05, 4.69) is 17.2 Å². The van der Waals surface area contributed by atoms with Gasteiger partial charge < -0.3 is 5.32 Å². The summed E-state index contributed by atoms with van der Waals surface area (Å²) >= 11 is 0. The average Bonchev–Trinajstić information content (AvgIpc) is 2.29. The second-order valence-electron chi connectivity index (χ2n) is 3.21. The van der Waals surface area contributed by atoms with E-state index >= 15 is 0 Å². The topological polar surface area (TPSA) is 91.9 Å². The lowest BCUT2D eigenvalue weighted by Gasteiger charge is -2.04. The van der Waals surface area contributed by atoms with E-state index in [1.165, 1.54) is 12.1 Å². The van der Waals surface area contributed by atoms with Gasteiger partial charge in [-0.15, -0.1) is 0 Å². The number of nitriles is 1. The summed E-state index contributed by atoms with van der Waals surface area (Å²) < 4.78 is 0. The molecule has 84 valence electrons. The molecule has 0 aliphatic heterocycles. The molecular weight excluding hydrogens is 208 g/mol. The smallest absolute Gasteiger partial charge is 0.305 e. The maximum atomic E-state index is 10.5. The Morgan fingerprint density at radius 3 is 2.94 bits per heavy atom. The van der Waals surface area contributed by atoms with Crippen molar-refractivity contribution in [2.24, 2.45) is 0 Å². The van der Waals surface area contributed by atoms with Crippen LogP contribution in [0, 0.1) is 21.4 Å². The van der Waals surface area contributed by atoms with Gasteiger partial charge in [0.25, 0.3) is 0 Å². The summed E-state index contributed by atoms with van der Waals surface area (Å²) in [7, 11) is 0. The van der Waals surface area contributed by atoms with E-state index in [-0.39, 0.29) is 11.4 Å². The maximum absolute atomic E-state index is 10.5. The Morgan fingerprint density at radius 2 is 2.38 bits per heavy atom. The van der Waals surface area contributed by atoms with Crippen LogP contribution in [0.25, 0.3) is 0 Å². The Morgan fingerprint density at radius 1 is 1.62 bits per heavy atom. The Bertz CT molecular complexity index is 425. The second kappa shape index (κ2) is 5.66. The van der Waals surface area contributed by atoms with Gasteiger partial charge in [0.05, 0.1) is 4.92 Å². The van der Waals surface area contributed by atoms with Gasteiger partial charge in [-0.1, -0.05) is 13.3 Å². The van der Waals surface area contributed by atoms with E-state index in [4.69, 9.17) is 5.26 Å². The molecule has 1 aromatic rings. The second-order valence-corrected chi connectivity index (χ2v) is 3.21. The normalized spacial score (nSPS) is 9.50. The van der Waals surface area contributed by atoms with Gasteiger partial charge in [-0.2, -0.15) is 5.26 Å². The third-order valence-corrected chi connectivity index (χ3v) is 2.01. The first-order chi connectivity index (χ1) is 7.69. The van der Waals surface area contributed by atoms with Crippen LogP contribution in [0.4, 0.5) is 11.5 Å². The fourth-order valence-corrected chi connectivity index (χ4v) is 1.17. The van der Waals surface area contributed by atoms with Crippen LogP contribution in [0.1, 0.15) is 25.5 Å². The first-order valence-corrected chi connectivity index (χ1v) is 4.98. The van der Waals surface area contributed by atoms with Gasteiger partial charge in [-0.3, -0.25) is 10.1 Å². The summed E-state index contributed by atoms with van der Waals surface area (Å²) in [6.07, 6.45) is 2.03. The van der Waals surface area contributed by atoms with Crippen molar-refractivity contribution >= 4 is 11.5 Å². The number of nitro groups is 1. The van der Waals surface area contributed by atoms with Gasteiger partial charge in [0.1, 0.15) is 11.9 Å². The van der Waals surface area contributed by atoms with Gasteiger partial charge in [0.2, 0.25) is 5.69 Å². The highest BCUT2D eigenvalue weighted by Gasteiger charge is 2.15. The van der Waals surface area contributed by atoms with Crippen molar-refractivity contribution in [3.8, 4) is 6.07 Å². The molecule has 0 fully saturated rings. The fraction of sp³-hybridized carbons (Fsp3) is 0.400. The van der Waals surface area contributed by atoms with Crippen LogP contribution < -0.4 is 5.32 Å². The summed E-state index contributed by atoms with van der Waals surface area (Å²) in [5.74, 6) is 0.496. The molecule has 0 atom stereocenters. The number of nitrogens with one attached hydrogen (secondary N) is 1. The van der Waals surface area contributed by atoms with Gasteiger partial charge in [0.15, 0.2) is 0 Å². The Balaban J connectivity index is 2.84. The zero-order chi connectivity index (χ0) is 12.0. The minimum atomic E-state index is -0.610. The van der Waals surface area contributed by atoms with Gasteiger partial charge in [0, 0.05) is 12.6 Å². The van der Waals surface area contributed by atoms with Crippen LogP contribution in [0.5, 0.6) is 0 Å². The van der Waals surface area contributed by atoms with Crippen molar-refractivity contribution in [3.05, 3.63) is 27.9 Å². The highest BCUT2D eigenvalue weighted by molar-refractivity contribution is 5.50. The van der Waals surface area contributed by atoms with Gasteiger partial charge in [-0.05, 0) is 12.5 Å². The minimum absolute atomic E-state index is 0.161. The zero-order valence-corrected chi connectivity index (χ0v) is 8.93. The van der Waals surface area contributed by atoms with Crippen molar-refractivity contribution < 1.29 is 4.92 Å². The molecule has 1 rings (SSSR count). The molecule has 0 radical (unpaired) electrons. The third-order valence-electron chi connectivity index (χ3n) is 2.01. The molecule has 1 heterocycles. The summed E-state index contributed by atoms with van der Waals surface area (Å²) in [4.78, 5) is 13.8. The molecule has 0 unspecified atom stereocenters. The van der Waals surface area contributed by atoms with E-state index in [0.717, 1.165) is 19.4 Å². The Kier molecular flexibility index (Phi) is 4.21. The first-order valence-electron chi connectivity index (χ1n) is 4.98. The molecule has 0 aromatic carbocycles. The van der Waals surface area contributed by atoms with Crippen molar-refractivity contribution in [2.45, 2.75) is 19.8 Å². The molecule has 6 heteroatoms. The van der Waals surface area contributed by atoms with Crippen LogP contribution in [0.2, 0.25) is 0 Å². The number of pyridine rings is 1. The van der Waals surface area contributed by atoms with E-state index in [1.54, 1.807) is 6.07 Å². The van der Waals surface area contributed by atoms with E-state index < -0.39 is 4.92 Å².